The van der Waals surface area contributed by atoms with Crippen molar-refractivity contribution in [3.63, 3.8) is 0 Å². The average Bonchev–Trinajstić information content (AvgIpc) is 2.46. The van der Waals surface area contributed by atoms with Gasteiger partial charge in [0, 0.05) is 13.1 Å². The van der Waals surface area contributed by atoms with Crippen LogP contribution in [0.1, 0.15) is 37.7 Å². The van der Waals surface area contributed by atoms with Gasteiger partial charge in [0.05, 0.1) is 5.39 Å². The normalized spacial score (nSPS) is 11.1. The zero-order valence-corrected chi connectivity index (χ0v) is 13.1. The average molecular weight is 304 g/mol. The van der Waals surface area contributed by atoms with E-state index in [0.717, 1.165) is 6.42 Å². The van der Waals surface area contributed by atoms with Gasteiger partial charge in [-0.3, -0.25) is 9.59 Å². The Labute approximate surface area is 129 Å². The lowest BCUT2D eigenvalue weighted by Crippen LogP contribution is -2.32. The number of amides is 1. The molecule has 0 spiro atoms. The molecule has 0 saturated heterocycles. The molecule has 1 aromatic carbocycles. The van der Waals surface area contributed by atoms with Crippen molar-refractivity contribution >= 4 is 16.7 Å². The molecule has 0 aliphatic carbocycles. The van der Waals surface area contributed by atoms with Crippen molar-refractivity contribution in [2.45, 2.75) is 33.7 Å². The number of carbonyl (C=O) groups excluding carboxylic acids is 1. The van der Waals surface area contributed by atoms with Gasteiger partial charge >= 0.3 is 0 Å². The molecule has 2 aromatic rings. The second kappa shape index (κ2) is 6.73. The van der Waals surface area contributed by atoms with Crippen LogP contribution in [0.5, 0.6) is 0 Å². The summed E-state index contributed by atoms with van der Waals surface area (Å²) in [7, 11) is 0. The van der Waals surface area contributed by atoms with Gasteiger partial charge in [0.1, 0.15) is 11.5 Å². The van der Waals surface area contributed by atoms with Crippen LogP contribution in [0, 0.1) is 11.7 Å². The summed E-state index contributed by atoms with van der Waals surface area (Å²) in [5, 5.41) is 3.60. The lowest BCUT2D eigenvalue weighted by atomic mass is 10.1. The molecule has 0 radical (unpaired) electrons. The number of rotatable bonds is 5. The first-order chi connectivity index (χ1) is 10.4. The lowest BCUT2D eigenvalue weighted by molar-refractivity contribution is 0.0945. The predicted octanol–water partition coefficient (Wildman–Crippen LogP) is 2.94. The first-order valence-electron chi connectivity index (χ1n) is 7.55. The number of benzene rings is 1. The molecule has 2 rings (SSSR count). The van der Waals surface area contributed by atoms with Crippen LogP contribution in [0.3, 0.4) is 0 Å². The monoisotopic (exact) mass is 304 g/mol. The molecule has 0 unspecified atom stereocenters. The van der Waals surface area contributed by atoms with Crippen LogP contribution in [0.2, 0.25) is 0 Å². The van der Waals surface area contributed by atoms with E-state index in [4.69, 9.17) is 0 Å². The maximum absolute atomic E-state index is 13.4. The second-order valence-electron chi connectivity index (χ2n) is 5.76. The number of hydrogen-bond acceptors (Lipinski definition) is 2. The summed E-state index contributed by atoms with van der Waals surface area (Å²) in [6.45, 7) is 6.86. The Balaban J connectivity index is 2.63. The van der Waals surface area contributed by atoms with E-state index in [1.165, 1.54) is 22.8 Å². The number of nitrogens with zero attached hydrogens (tertiary/aromatic N) is 1. The highest BCUT2D eigenvalue weighted by Crippen LogP contribution is 2.15. The molecule has 0 atom stereocenters. The van der Waals surface area contributed by atoms with Crippen LogP contribution in [-0.4, -0.2) is 17.0 Å². The molecule has 0 fully saturated rings. The van der Waals surface area contributed by atoms with Crippen LogP contribution in [0.15, 0.2) is 29.1 Å². The first-order valence-corrected chi connectivity index (χ1v) is 7.55. The molecule has 0 saturated carbocycles. The summed E-state index contributed by atoms with van der Waals surface area (Å²) >= 11 is 0. The third-order valence-electron chi connectivity index (χ3n) is 3.57. The maximum Gasteiger partial charge on any atom is 0.268 e. The highest BCUT2D eigenvalue weighted by molar-refractivity contribution is 5.96. The van der Waals surface area contributed by atoms with Crippen molar-refractivity contribution in [1.82, 2.24) is 9.88 Å². The Hall–Kier alpha value is -2.17. The van der Waals surface area contributed by atoms with E-state index in [-0.39, 0.29) is 11.5 Å². The summed E-state index contributed by atoms with van der Waals surface area (Å²) in [5.41, 5.74) is 0.00510. The van der Waals surface area contributed by atoms with E-state index in [2.05, 4.69) is 19.2 Å². The van der Waals surface area contributed by atoms with Crippen molar-refractivity contribution in [3.8, 4) is 0 Å². The minimum Gasteiger partial charge on any atom is -0.351 e. The third-order valence-corrected chi connectivity index (χ3v) is 3.57. The molecular formula is C17H21FN2O2. The third kappa shape index (κ3) is 3.35. The van der Waals surface area contributed by atoms with Crippen molar-refractivity contribution < 1.29 is 9.18 Å². The van der Waals surface area contributed by atoms with E-state index in [1.807, 2.05) is 6.92 Å². The summed E-state index contributed by atoms with van der Waals surface area (Å²) in [6.07, 6.45) is 0.771. The molecule has 1 N–H and O–H groups in total. The molecule has 1 amide bonds. The van der Waals surface area contributed by atoms with Gasteiger partial charge in [-0.25, -0.2) is 4.39 Å². The maximum atomic E-state index is 13.4. The molecule has 0 aliphatic heterocycles. The summed E-state index contributed by atoms with van der Waals surface area (Å²) in [5.74, 6) is -0.336. The SMILES string of the molecule is CCNC(=O)c1cc2ccc(F)cc2c(=O)n1CCC(C)C. The molecule has 1 heterocycles. The molecule has 118 valence electrons. The van der Waals surface area contributed by atoms with E-state index in [9.17, 15) is 14.0 Å². The Morgan fingerprint density at radius 2 is 2.05 bits per heavy atom. The highest BCUT2D eigenvalue weighted by atomic mass is 19.1. The topological polar surface area (TPSA) is 51.1 Å². The quantitative estimate of drug-likeness (QED) is 0.923. The van der Waals surface area contributed by atoms with Gasteiger partial charge in [-0.2, -0.15) is 0 Å². The van der Waals surface area contributed by atoms with Crippen molar-refractivity contribution in [1.29, 1.82) is 0 Å². The Bertz CT molecular complexity index is 750. The van der Waals surface area contributed by atoms with Crippen LogP contribution in [0.25, 0.3) is 10.8 Å². The van der Waals surface area contributed by atoms with Gasteiger partial charge in [-0.05, 0) is 42.8 Å². The number of pyridine rings is 1. The minimum absolute atomic E-state index is 0.283. The molecule has 0 aliphatic rings. The van der Waals surface area contributed by atoms with Gasteiger partial charge < -0.3 is 9.88 Å². The fourth-order valence-electron chi connectivity index (χ4n) is 2.37. The fourth-order valence-corrected chi connectivity index (χ4v) is 2.37. The lowest BCUT2D eigenvalue weighted by Gasteiger charge is -2.15. The van der Waals surface area contributed by atoms with E-state index in [0.29, 0.717) is 35.5 Å². The van der Waals surface area contributed by atoms with E-state index < -0.39 is 5.82 Å². The molecule has 22 heavy (non-hydrogen) atoms. The number of carbonyl (C=O) groups is 1. The standard InChI is InChI=1S/C17H21FN2O2/c1-4-19-16(21)15-9-12-5-6-13(18)10-14(12)17(22)20(15)8-7-11(2)3/h5-6,9-11H,4,7-8H2,1-3H3,(H,19,21). The first kappa shape index (κ1) is 16.2. The van der Waals surface area contributed by atoms with E-state index in [1.54, 1.807) is 6.07 Å². The van der Waals surface area contributed by atoms with Crippen LogP contribution in [-0.2, 0) is 6.54 Å². The number of aromatic nitrogens is 1. The van der Waals surface area contributed by atoms with Crippen LogP contribution < -0.4 is 10.9 Å². The number of halogens is 1. The van der Waals surface area contributed by atoms with E-state index >= 15 is 0 Å². The van der Waals surface area contributed by atoms with Crippen molar-refractivity contribution in [2.75, 3.05) is 6.54 Å². The molecule has 1 aromatic heterocycles. The Morgan fingerprint density at radius 1 is 1.32 bits per heavy atom. The smallest absolute Gasteiger partial charge is 0.268 e. The van der Waals surface area contributed by atoms with Gasteiger partial charge in [-0.15, -0.1) is 0 Å². The van der Waals surface area contributed by atoms with Crippen LogP contribution >= 0.6 is 0 Å². The Kier molecular flexibility index (Phi) is 4.96. The zero-order valence-electron chi connectivity index (χ0n) is 13.1. The minimum atomic E-state index is -0.453. The number of hydrogen-bond donors (Lipinski definition) is 1. The molecular weight excluding hydrogens is 283 g/mol. The largest absolute Gasteiger partial charge is 0.351 e. The number of fused-ring (bicyclic) bond motifs is 1. The molecule has 5 heteroatoms. The Morgan fingerprint density at radius 3 is 2.68 bits per heavy atom. The van der Waals surface area contributed by atoms with Gasteiger partial charge in [-0.1, -0.05) is 19.9 Å². The highest BCUT2D eigenvalue weighted by Gasteiger charge is 2.15. The van der Waals surface area contributed by atoms with Crippen molar-refractivity contribution in [3.05, 3.63) is 46.1 Å². The number of nitrogens with one attached hydrogen (secondary N) is 1. The fraction of sp³-hybridized carbons (Fsp3) is 0.412. The second-order valence-corrected chi connectivity index (χ2v) is 5.76. The summed E-state index contributed by atoms with van der Waals surface area (Å²) in [6, 6.07) is 5.70. The predicted molar refractivity (Wildman–Crippen MR) is 85.6 cm³/mol. The summed E-state index contributed by atoms with van der Waals surface area (Å²) in [4.78, 5) is 24.9. The van der Waals surface area contributed by atoms with Gasteiger partial charge in [0.25, 0.3) is 11.5 Å². The van der Waals surface area contributed by atoms with Crippen molar-refractivity contribution in [2.24, 2.45) is 5.92 Å². The summed E-state index contributed by atoms with van der Waals surface area (Å²) < 4.78 is 14.9. The van der Waals surface area contributed by atoms with Gasteiger partial charge in [0.2, 0.25) is 0 Å². The molecule has 4 nitrogen and oxygen atoms in total. The molecule has 0 bridgehead atoms. The zero-order chi connectivity index (χ0) is 16.3. The van der Waals surface area contributed by atoms with Gasteiger partial charge in [0.15, 0.2) is 0 Å². The van der Waals surface area contributed by atoms with Crippen LogP contribution in [0.4, 0.5) is 4.39 Å².